The Hall–Kier alpha value is -0.590. The van der Waals surface area contributed by atoms with Crippen LogP contribution in [-0.4, -0.2) is 15.7 Å². The van der Waals surface area contributed by atoms with E-state index in [1.807, 2.05) is 0 Å². The van der Waals surface area contributed by atoms with Gasteiger partial charge in [0.25, 0.3) is 5.69 Å². The van der Waals surface area contributed by atoms with Gasteiger partial charge in [-0.05, 0) is 27.1 Å². The number of benzene rings is 1. The molecular weight excluding hydrogens is 258 g/mol. The van der Waals surface area contributed by atoms with Crippen molar-refractivity contribution in [1.29, 1.82) is 0 Å². The van der Waals surface area contributed by atoms with Gasteiger partial charge in [0.2, 0.25) is 0 Å². The van der Waals surface area contributed by atoms with E-state index in [1.54, 1.807) is 0 Å². The molecule has 0 bridgehead atoms. The van der Waals surface area contributed by atoms with Crippen molar-refractivity contribution in [2.75, 3.05) is 6.26 Å². The average Bonchev–Trinajstić information content (AvgIpc) is 2.03. The minimum Gasteiger partial charge on any atom is -0.612 e. The van der Waals surface area contributed by atoms with E-state index in [4.69, 9.17) is 0 Å². The van der Waals surface area contributed by atoms with Crippen LogP contribution in [0.4, 0.5) is 5.69 Å². The molecule has 0 aromatic heterocycles. The van der Waals surface area contributed by atoms with Crippen molar-refractivity contribution in [3.63, 3.8) is 0 Å². The molecule has 0 heterocycles. The van der Waals surface area contributed by atoms with Crippen LogP contribution in [0.1, 0.15) is 0 Å². The van der Waals surface area contributed by atoms with Crippen LogP contribution in [0.3, 0.4) is 0 Å². The fraction of sp³-hybridized carbons (Fsp3) is 0.143. The first-order chi connectivity index (χ1) is 6.02. The van der Waals surface area contributed by atoms with E-state index in [-0.39, 0.29) is 5.69 Å². The maximum absolute atomic E-state index is 11.1. The van der Waals surface area contributed by atoms with Crippen molar-refractivity contribution >= 4 is 32.8 Å². The first-order valence-corrected chi connectivity index (χ1v) is 5.65. The fourth-order valence-electron chi connectivity index (χ4n) is 0.836. The minimum atomic E-state index is -1.13. The normalized spacial score (nSPS) is 12.5. The summed E-state index contributed by atoms with van der Waals surface area (Å²) in [5.74, 6) is 0. The highest BCUT2D eigenvalue weighted by Crippen LogP contribution is 2.26. The Labute approximate surface area is 86.4 Å². The lowest BCUT2D eigenvalue weighted by molar-refractivity contribution is -0.385. The molecule has 0 N–H and O–H groups in total. The summed E-state index contributed by atoms with van der Waals surface area (Å²) in [6.45, 7) is 0. The van der Waals surface area contributed by atoms with Gasteiger partial charge in [0.1, 0.15) is 6.26 Å². The second-order valence-corrected chi connectivity index (χ2v) is 4.53. The molecule has 0 saturated carbocycles. The first kappa shape index (κ1) is 10.5. The fourth-order valence-corrected chi connectivity index (χ4v) is 2.48. The van der Waals surface area contributed by atoms with E-state index < -0.39 is 16.1 Å². The molecule has 1 aromatic rings. The van der Waals surface area contributed by atoms with Gasteiger partial charge in [-0.1, -0.05) is 0 Å². The number of nitrogens with zero attached hydrogens (tertiary/aromatic N) is 1. The summed E-state index contributed by atoms with van der Waals surface area (Å²) < 4.78 is 11.6. The molecule has 0 radical (unpaired) electrons. The van der Waals surface area contributed by atoms with Crippen LogP contribution in [0.2, 0.25) is 0 Å². The highest BCUT2D eigenvalue weighted by Gasteiger charge is 2.14. The molecule has 0 aliphatic heterocycles. The van der Waals surface area contributed by atoms with Gasteiger partial charge in [0.05, 0.1) is 9.40 Å². The number of hydrogen-bond donors (Lipinski definition) is 0. The molecular formula is C7H6BrNO3S. The first-order valence-electron chi connectivity index (χ1n) is 3.29. The van der Waals surface area contributed by atoms with E-state index in [2.05, 4.69) is 15.9 Å². The number of rotatable bonds is 2. The summed E-state index contributed by atoms with van der Waals surface area (Å²) in [7, 11) is 0. The summed E-state index contributed by atoms with van der Waals surface area (Å²) in [5, 5.41) is 10.3. The number of halogens is 1. The lowest BCUT2D eigenvalue weighted by Gasteiger charge is -2.05. The van der Waals surface area contributed by atoms with Crippen LogP contribution < -0.4 is 0 Å². The van der Waals surface area contributed by atoms with Crippen LogP contribution in [-0.2, 0) is 11.2 Å². The Kier molecular flexibility index (Phi) is 3.29. The van der Waals surface area contributed by atoms with Crippen molar-refractivity contribution < 1.29 is 9.48 Å². The summed E-state index contributed by atoms with van der Waals surface area (Å²) in [4.78, 5) is 10.4. The molecule has 1 unspecified atom stereocenters. The molecule has 70 valence electrons. The molecule has 13 heavy (non-hydrogen) atoms. The molecule has 1 rings (SSSR count). The smallest absolute Gasteiger partial charge is 0.270 e. The topological polar surface area (TPSA) is 66.2 Å². The molecule has 0 amide bonds. The van der Waals surface area contributed by atoms with Crippen molar-refractivity contribution in [2.24, 2.45) is 0 Å². The Morgan fingerprint density at radius 2 is 2.15 bits per heavy atom. The zero-order valence-corrected chi connectivity index (χ0v) is 9.09. The third-order valence-electron chi connectivity index (χ3n) is 1.44. The van der Waals surface area contributed by atoms with Gasteiger partial charge in [-0.25, -0.2) is 0 Å². The summed E-state index contributed by atoms with van der Waals surface area (Å²) >= 11 is 1.99. The van der Waals surface area contributed by atoms with Gasteiger partial charge >= 0.3 is 0 Å². The zero-order valence-electron chi connectivity index (χ0n) is 6.69. The standard InChI is InChI=1S/C7H6BrNO3S/c1-13(12)7-3-2-5(9(10)11)4-6(7)8/h2-4H,1H3. The third kappa shape index (κ3) is 2.43. The highest BCUT2D eigenvalue weighted by molar-refractivity contribution is 9.10. The molecule has 0 fully saturated rings. The average molecular weight is 264 g/mol. The molecule has 0 saturated heterocycles. The lowest BCUT2D eigenvalue weighted by atomic mass is 10.3. The Morgan fingerprint density at radius 1 is 1.54 bits per heavy atom. The molecule has 6 heteroatoms. The molecule has 1 aromatic carbocycles. The molecule has 4 nitrogen and oxygen atoms in total. The summed E-state index contributed by atoms with van der Waals surface area (Å²) in [6.07, 6.45) is 1.52. The number of hydrogen-bond acceptors (Lipinski definition) is 3. The van der Waals surface area contributed by atoms with Crippen molar-refractivity contribution in [3.05, 3.63) is 32.8 Å². The van der Waals surface area contributed by atoms with Gasteiger partial charge in [0, 0.05) is 18.2 Å². The van der Waals surface area contributed by atoms with Crippen LogP contribution >= 0.6 is 15.9 Å². The predicted molar refractivity (Wildman–Crippen MR) is 53.1 cm³/mol. The Morgan fingerprint density at radius 3 is 2.54 bits per heavy atom. The van der Waals surface area contributed by atoms with E-state index in [0.717, 1.165) is 0 Å². The highest BCUT2D eigenvalue weighted by atomic mass is 79.9. The van der Waals surface area contributed by atoms with Gasteiger partial charge in [-0.3, -0.25) is 10.1 Å². The van der Waals surface area contributed by atoms with Crippen molar-refractivity contribution in [3.8, 4) is 0 Å². The molecule has 0 aliphatic rings. The van der Waals surface area contributed by atoms with Crippen LogP contribution in [0.5, 0.6) is 0 Å². The second-order valence-electron chi connectivity index (χ2n) is 2.33. The number of nitro groups is 1. The predicted octanol–water partition coefficient (Wildman–Crippen LogP) is 2.09. The van der Waals surface area contributed by atoms with Crippen LogP contribution in [0.25, 0.3) is 0 Å². The summed E-state index contributed by atoms with van der Waals surface area (Å²) in [6, 6.07) is 4.16. The van der Waals surface area contributed by atoms with E-state index in [9.17, 15) is 14.7 Å². The maximum atomic E-state index is 11.1. The van der Waals surface area contributed by atoms with Crippen LogP contribution in [0.15, 0.2) is 27.6 Å². The summed E-state index contributed by atoms with van der Waals surface area (Å²) in [5.41, 5.74) is -0.0129. The molecule has 0 aliphatic carbocycles. The van der Waals surface area contributed by atoms with Crippen molar-refractivity contribution in [2.45, 2.75) is 4.90 Å². The third-order valence-corrected chi connectivity index (χ3v) is 3.33. The van der Waals surface area contributed by atoms with Gasteiger partial charge < -0.3 is 4.55 Å². The van der Waals surface area contributed by atoms with E-state index >= 15 is 0 Å². The Balaban J connectivity index is 3.13. The van der Waals surface area contributed by atoms with Crippen LogP contribution in [0, 0.1) is 10.1 Å². The van der Waals surface area contributed by atoms with Gasteiger partial charge in [-0.2, -0.15) is 0 Å². The number of nitro benzene ring substituents is 1. The van der Waals surface area contributed by atoms with E-state index in [0.29, 0.717) is 9.37 Å². The monoisotopic (exact) mass is 263 g/mol. The molecule has 1 atom stereocenters. The quantitative estimate of drug-likeness (QED) is 0.466. The SMILES string of the molecule is C[S+]([O-])c1ccc([N+](=O)[O-])cc1Br. The lowest BCUT2D eigenvalue weighted by Crippen LogP contribution is -1.99. The minimum absolute atomic E-state index is 0.0129. The maximum Gasteiger partial charge on any atom is 0.270 e. The second kappa shape index (κ2) is 4.08. The van der Waals surface area contributed by atoms with Gasteiger partial charge in [0.15, 0.2) is 4.90 Å². The van der Waals surface area contributed by atoms with Gasteiger partial charge in [-0.15, -0.1) is 0 Å². The number of non-ortho nitro benzene ring substituents is 1. The zero-order chi connectivity index (χ0) is 10.0. The van der Waals surface area contributed by atoms with Crippen molar-refractivity contribution in [1.82, 2.24) is 0 Å². The Bertz CT molecular complexity index is 343. The largest absolute Gasteiger partial charge is 0.612 e. The van der Waals surface area contributed by atoms with E-state index in [1.165, 1.54) is 24.5 Å². The molecule has 0 spiro atoms.